The molecule has 2 aromatic carbocycles. The molecule has 228 valence electrons. The molecule has 0 spiro atoms. The van der Waals surface area contributed by atoms with E-state index in [-0.39, 0.29) is 64.6 Å². The fraction of sp³-hybridized carbons (Fsp3) is 0.438. The Bertz CT molecular complexity index is 1610. The molecule has 1 saturated carbocycles. The number of benzene rings is 2. The van der Waals surface area contributed by atoms with Gasteiger partial charge in [-0.1, -0.05) is 38.1 Å². The number of nitrogens with one attached hydrogen (secondary N) is 1. The van der Waals surface area contributed by atoms with Crippen LogP contribution in [0.5, 0.6) is 5.88 Å². The van der Waals surface area contributed by atoms with Crippen LogP contribution in [0.2, 0.25) is 0 Å². The van der Waals surface area contributed by atoms with Crippen molar-refractivity contribution in [2.24, 2.45) is 17.6 Å². The first-order valence-electron chi connectivity index (χ1n) is 14.8. The highest BCUT2D eigenvalue weighted by Crippen LogP contribution is 2.33. The number of hydrogen-bond acceptors (Lipinski definition) is 7. The molecule has 3 aromatic rings. The van der Waals surface area contributed by atoms with E-state index < -0.39 is 10.0 Å². The summed E-state index contributed by atoms with van der Waals surface area (Å²) in [6.07, 6.45) is 3.06. The van der Waals surface area contributed by atoms with Crippen LogP contribution in [0.4, 0.5) is 5.95 Å². The molecule has 1 aromatic heterocycles. The smallest absolute Gasteiger partial charge is 0.264 e. The third-order valence-electron chi connectivity index (χ3n) is 8.34. The normalized spacial score (nSPS) is 22.0. The largest absolute Gasteiger partial charge is 0.475 e. The molecule has 1 fully saturated rings. The van der Waals surface area contributed by atoms with E-state index in [2.05, 4.69) is 28.5 Å². The van der Waals surface area contributed by atoms with Gasteiger partial charge in [-0.05, 0) is 81.2 Å². The number of anilines is 1. The fourth-order valence-electron chi connectivity index (χ4n) is 6.27. The lowest BCUT2D eigenvalue weighted by atomic mass is 9.83. The van der Waals surface area contributed by atoms with E-state index in [1.807, 2.05) is 36.9 Å². The zero-order valence-electron chi connectivity index (χ0n) is 25.0. The zero-order valence-corrected chi connectivity index (χ0v) is 25.9. The molecule has 0 radical (unpaired) electrons. The lowest BCUT2D eigenvalue weighted by Gasteiger charge is -2.41. The van der Waals surface area contributed by atoms with E-state index in [1.165, 1.54) is 12.1 Å². The topological polar surface area (TPSA) is 145 Å². The Morgan fingerprint density at radius 3 is 2.37 bits per heavy atom. The van der Waals surface area contributed by atoms with Gasteiger partial charge in [0.2, 0.25) is 17.7 Å². The Hall–Kier alpha value is -3.99. The standard InChI is InChI=1S/C32H39N5O5S/c1-19(2)15-25-18-42-28-17-27(29-20(3)7-5-8-21(29)4)34-32(35-28)36-43(40,41)26-10-6-9-23(16-26)31(39)37(25)24-13-11-22(12-14-24)30(33)38/h5-10,16-17,19,22,24-25H,11-15,18H2,1-4H3,(H2,33,38)(H,34,35,36)/t22-,24-,25-/m1/s1. The maximum Gasteiger partial charge on any atom is 0.264 e. The predicted octanol–water partition coefficient (Wildman–Crippen LogP) is 4.85. The minimum absolute atomic E-state index is 0.0704. The number of hydrogen-bond donors (Lipinski definition) is 2. The summed E-state index contributed by atoms with van der Waals surface area (Å²) in [4.78, 5) is 36.9. The summed E-state index contributed by atoms with van der Waals surface area (Å²) >= 11 is 0. The fourth-order valence-corrected chi connectivity index (χ4v) is 7.26. The molecule has 2 aliphatic rings. The summed E-state index contributed by atoms with van der Waals surface area (Å²) in [6.45, 7) is 8.27. The maximum atomic E-state index is 14.3. The first-order chi connectivity index (χ1) is 20.4. The summed E-state index contributed by atoms with van der Waals surface area (Å²) in [5.74, 6) is -0.489. The minimum atomic E-state index is -4.15. The Balaban J connectivity index is 1.64. The average molecular weight is 606 g/mol. The van der Waals surface area contributed by atoms with Gasteiger partial charge in [0.1, 0.15) is 6.61 Å². The molecular formula is C32H39N5O5S. The Labute approximate surface area is 253 Å². The molecule has 5 rings (SSSR count). The van der Waals surface area contributed by atoms with E-state index in [1.54, 1.807) is 18.2 Å². The number of sulfonamides is 1. The van der Waals surface area contributed by atoms with Crippen LogP contribution in [0.15, 0.2) is 53.4 Å². The molecule has 4 bridgehead atoms. The van der Waals surface area contributed by atoms with E-state index in [0.717, 1.165) is 16.7 Å². The number of aryl methyl sites for hydroxylation is 2. The van der Waals surface area contributed by atoms with Crippen molar-refractivity contribution in [3.05, 3.63) is 65.2 Å². The number of nitrogens with two attached hydrogens (primary N) is 1. The number of carbonyl (C=O) groups excluding carboxylic acids is 2. The molecule has 1 aliphatic heterocycles. The van der Waals surface area contributed by atoms with Gasteiger partial charge >= 0.3 is 0 Å². The number of carbonyl (C=O) groups is 2. The van der Waals surface area contributed by atoms with E-state index in [4.69, 9.17) is 10.5 Å². The number of fused-ring (bicyclic) bond motifs is 4. The second-order valence-corrected chi connectivity index (χ2v) is 13.7. The SMILES string of the molecule is Cc1cccc(C)c1-c1cc2nc(n1)NS(=O)(=O)c1cccc(c1)C(=O)N([C@H]1CC[C@H](C(N)=O)CC1)[C@H](CC(C)C)CO2. The number of aromatic nitrogens is 2. The molecule has 0 saturated heterocycles. The van der Waals surface area contributed by atoms with Crippen LogP contribution in [-0.4, -0.2) is 53.8 Å². The predicted molar refractivity (Wildman–Crippen MR) is 164 cm³/mol. The molecule has 1 atom stereocenters. The van der Waals surface area contributed by atoms with Crippen molar-refractivity contribution in [3.8, 4) is 17.1 Å². The molecule has 11 heteroatoms. The molecule has 2 amide bonds. The van der Waals surface area contributed by atoms with Gasteiger partial charge in [-0.3, -0.25) is 9.59 Å². The molecule has 43 heavy (non-hydrogen) atoms. The van der Waals surface area contributed by atoms with Gasteiger partial charge in [-0.25, -0.2) is 18.1 Å². The molecule has 10 nitrogen and oxygen atoms in total. The van der Waals surface area contributed by atoms with Crippen LogP contribution in [0.1, 0.15) is 67.4 Å². The first-order valence-corrected chi connectivity index (χ1v) is 16.2. The highest BCUT2D eigenvalue weighted by Gasteiger charge is 2.36. The van der Waals surface area contributed by atoms with Crippen LogP contribution in [0.3, 0.4) is 0 Å². The van der Waals surface area contributed by atoms with Crippen LogP contribution in [0, 0.1) is 25.7 Å². The quantitative estimate of drug-likeness (QED) is 0.423. The third kappa shape index (κ3) is 6.66. The lowest BCUT2D eigenvalue weighted by Crippen LogP contribution is -2.51. The second kappa shape index (κ2) is 12.3. The van der Waals surface area contributed by atoms with Crippen molar-refractivity contribution in [2.45, 2.75) is 76.8 Å². The molecule has 1 aliphatic carbocycles. The Kier molecular flexibility index (Phi) is 8.73. The lowest BCUT2D eigenvalue weighted by molar-refractivity contribution is -0.123. The van der Waals surface area contributed by atoms with Gasteiger partial charge < -0.3 is 15.4 Å². The van der Waals surface area contributed by atoms with Crippen LogP contribution < -0.4 is 15.2 Å². The number of ether oxygens (including phenoxy) is 1. The summed E-state index contributed by atoms with van der Waals surface area (Å²) in [5, 5.41) is 0. The highest BCUT2D eigenvalue weighted by molar-refractivity contribution is 7.92. The molecule has 2 heterocycles. The Morgan fingerprint density at radius 2 is 1.72 bits per heavy atom. The summed E-state index contributed by atoms with van der Waals surface area (Å²) in [6, 6.07) is 13.2. The van der Waals surface area contributed by atoms with Gasteiger partial charge in [0.15, 0.2) is 0 Å². The van der Waals surface area contributed by atoms with E-state index >= 15 is 0 Å². The molecule has 0 unspecified atom stereocenters. The number of nitrogens with zero attached hydrogens (tertiary/aromatic N) is 3. The zero-order chi connectivity index (χ0) is 30.9. The van der Waals surface area contributed by atoms with Crippen molar-refractivity contribution < 1.29 is 22.7 Å². The minimum Gasteiger partial charge on any atom is -0.475 e. The van der Waals surface area contributed by atoms with Crippen molar-refractivity contribution in [2.75, 3.05) is 11.3 Å². The molecular weight excluding hydrogens is 566 g/mol. The van der Waals surface area contributed by atoms with Crippen LogP contribution in [0.25, 0.3) is 11.3 Å². The van der Waals surface area contributed by atoms with Crippen LogP contribution >= 0.6 is 0 Å². The van der Waals surface area contributed by atoms with Gasteiger partial charge in [0, 0.05) is 29.2 Å². The van der Waals surface area contributed by atoms with Crippen molar-refractivity contribution in [1.29, 1.82) is 0 Å². The monoisotopic (exact) mass is 605 g/mol. The van der Waals surface area contributed by atoms with Gasteiger partial charge in [0.25, 0.3) is 15.9 Å². The number of rotatable bonds is 5. The summed E-state index contributed by atoms with van der Waals surface area (Å²) in [7, 11) is -4.15. The first kappa shape index (κ1) is 30.5. The highest BCUT2D eigenvalue weighted by atomic mass is 32.2. The molecule has 3 N–H and O–H groups in total. The second-order valence-electron chi connectivity index (χ2n) is 12.0. The van der Waals surface area contributed by atoms with E-state index in [0.29, 0.717) is 37.8 Å². The third-order valence-corrected chi connectivity index (χ3v) is 9.67. The number of primary amides is 1. The van der Waals surface area contributed by atoms with E-state index in [9.17, 15) is 18.0 Å². The maximum absolute atomic E-state index is 14.3. The average Bonchev–Trinajstić information content (AvgIpc) is 2.95. The van der Waals surface area contributed by atoms with Crippen molar-refractivity contribution >= 4 is 27.8 Å². The van der Waals surface area contributed by atoms with Crippen molar-refractivity contribution in [3.63, 3.8) is 0 Å². The van der Waals surface area contributed by atoms with Crippen molar-refractivity contribution in [1.82, 2.24) is 14.9 Å². The van der Waals surface area contributed by atoms with Gasteiger partial charge in [-0.15, -0.1) is 0 Å². The Morgan fingerprint density at radius 1 is 1.05 bits per heavy atom. The van der Waals surface area contributed by atoms with Crippen LogP contribution in [-0.2, 0) is 14.8 Å². The summed E-state index contributed by atoms with van der Waals surface area (Å²) < 4.78 is 35.9. The summed E-state index contributed by atoms with van der Waals surface area (Å²) in [5.41, 5.74) is 9.20. The number of amides is 2. The van der Waals surface area contributed by atoms with Gasteiger partial charge in [-0.2, -0.15) is 4.98 Å². The van der Waals surface area contributed by atoms with Gasteiger partial charge in [0.05, 0.1) is 16.6 Å².